The zero-order valence-corrected chi connectivity index (χ0v) is 14.7. The van der Waals surface area contributed by atoms with Crippen LogP contribution < -0.4 is 15.4 Å². The molecule has 1 saturated heterocycles. The Balaban J connectivity index is 1.47. The monoisotopic (exact) mass is 370 g/mol. The summed E-state index contributed by atoms with van der Waals surface area (Å²) < 4.78 is 10.5. The molecule has 27 heavy (non-hydrogen) atoms. The first kappa shape index (κ1) is 17.1. The number of ether oxygens (including phenoxy) is 1. The predicted octanol–water partition coefficient (Wildman–Crippen LogP) is 1.54. The quantitative estimate of drug-likeness (QED) is 0.789. The Kier molecular flexibility index (Phi) is 4.06. The van der Waals surface area contributed by atoms with Crippen molar-refractivity contribution >= 4 is 23.7 Å². The molecule has 1 aromatic carbocycles. The number of urea groups is 1. The molecule has 0 saturated carbocycles. The number of carbonyl (C=O) groups excluding carboxylic acids is 3. The van der Waals surface area contributed by atoms with E-state index >= 15 is 0 Å². The van der Waals surface area contributed by atoms with E-state index in [9.17, 15) is 14.4 Å². The lowest BCUT2D eigenvalue weighted by Crippen LogP contribution is -2.47. The lowest BCUT2D eigenvalue weighted by atomic mass is 9.84. The standard InChI is InChI=1S/C18H18N4O5/c1-11-10-14(21-27-11)19-15(23)6-8-22-16(24)18(20-17(22)25)7-9-26-13-5-3-2-4-12(13)18/h2-5,10H,6-9H2,1H3,(H,20,25)(H,19,21,23). The van der Waals surface area contributed by atoms with Crippen LogP contribution in [-0.2, 0) is 15.1 Å². The number of benzene rings is 1. The van der Waals surface area contributed by atoms with Crippen LogP contribution in [0, 0.1) is 6.92 Å². The number of amides is 4. The fourth-order valence-corrected chi connectivity index (χ4v) is 3.42. The molecule has 2 aliphatic heterocycles. The molecule has 2 aromatic rings. The van der Waals surface area contributed by atoms with Gasteiger partial charge >= 0.3 is 6.03 Å². The summed E-state index contributed by atoms with van der Waals surface area (Å²) in [4.78, 5) is 38.6. The number of nitrogens with zero attached hydrogens (tertiary/aromatic N) is 2. The summed E-state index contributed by atoms with van der Waals surface area (Å²) in [5, 5.41) is 9.05. The maximum atomic E-state index is 13.1. The fourth-order valence-electron chi connectivity index (χ4n) is 3.42. The van der Waals surface area contributed by atoms with Crippen LogP contribution in [0.15, 0.2) is 34.9 Å². The highest BCUT2D eigenvalue weighted by molar-refractivity contribution is 6.08. The van der Waals surface area contributed by atoms with Gasteiger partial charge in [-0.25, -0.2) is 4.79 Å². The molecular weight excluding hydrogens is 352 g/mol. The molecule has 1 fully saturated rings. The van der Waals surface area contributed by atoms with Crippen molar-refractivity contribution in [1.29, 1.82) is 0 Å². The Morgan fingerprint density at radius 3 is 2.96 bits per heavy atom. The summed E-state index contributed by atoms with van der Waals surface area (Å²) in [6.45, 7) is 2.00. The molecule has 1 aromatic heterocycles. The number of aryl methyl sites for hydroxylation is 1. The van der Waals surface area contributed by atoms with Crippen LogP contribution in [0.4, 0.5) is 10.6 Å². The molecule has 9 heteroatoms. The Morgan fingerprint density at radius 1 is 1.37 bits per heavy atom. The van der Waals surface area contributed by atoms with Gasteiger partial charge < -0.3 is 19.9 Å². The third-order valence-electron chi connectivity index (χ3n) is 4.72. The molecular formula is C18H18N4O5. The number of anilines is 1. The smallest absolute Gasteiger partial charge is 0.325 e. The van der Waals surface area contributed by atoms with Gasteiger partial charge in [-0.15, -0.1) is 0 Å². The minimum atomic E-state index is -1.13. The highest BCUT2D eigenvalue weighted by atomic mass is 16.5. The van der Waals surface area contributed by atoms with Crippen LogP contribution in [0.3, 0.4) is 0 Å². The third kappa shape index (κ3) is 2.90. The van der Waals surface area contributed by atoms with Crippen LogP contribution in [0.1, 0.15) is 24.2 Å². The average Bonchev–Trinajstić information content (AvgIpc) is 3.15. The van der Waals surface area contributed by atoms with Crippen molar-refractivity contribution < 1.29 is 23.6 Å². The summed E-state index contributed by atoms with van der Waals surface area (Å²) >= 11 is 0. The van der Waals surface area contributed by atoms with Gasteiger partial charge in [-0.3, -0.25) is 14.5 Å². The maximum Gasteiger partial charge on any atom is 0.325 e. The number of fused-ring (bicyclic) bond motifs is 2. The van der Waals surface area contributed by atoms with Crippen molar-refractivity contribution in [2.24, 2.45) is 0 Å². The molecule has 1 unspecified atom stereocenters. The normalized spacial score (nSPS) is 21.0. The van der Waals surface area contributed by atoms with Gasteiger partial charge in [0.1, 0.15) is 11.5 Å². The second-order valence-corrected chi connectivity index (χ2v) is 6.51. The third-order valence-corrected chi connectivity index (χ3v) is 4.72. The molecule has 0 aliphatic carbocycles. The molecule has 2 aliphatic rings. The van der Waals surface area contributed by atoms with Gasteiger partial charge in [0.25, 0.3) is 5.91 Å². The number of aromatic nitrogens is 1. The van der Waals surface area contributed by atoms with Crippen LogP contribution >= 0.6 is 0 Å². The summed E-state index contributed by atoms with van der Waals surface area (Å²) in [5.41, 5.74) is -0.495. The van der Waals surface area contributed by atoms with Crippen molar-refractivity contribution in [3.8, 4) is 5.75 Å². The number of rotatable bonds is 4. The van der Waals surface area contributed by atoms with E-state index in [1.165, 1.54) is 0 Å². The molecule has 0 radical (unpaired) electrons. The summed E-state index contributed by atoms with van der Waals surface area (Å²) in [5.74, 6) is 0.716. The van der Waals surface area contributed by atoms with E-state index in [2.05, 4.69) is 15.8 Å². The number of nitrogens with one attached hydrogen (secondary N) is 2. The molecule has 2 N–H and O–H groups in total. The number of hydrogen-bond donors (Lipinski definition) is 2. The molecule has 9 nitrogen and oxygen atoms in total. The number of para-hydroxylation sites is 1. The number of carbonyl (C=O) groups is 3. The van der Waals surface area contributed by atoms with E-state index < -0.39 is 11.6 Å². The van der Waals surface area contributed by atoms with Gasteiger partial charge in [0.05, 0.1) is 6.61 Å². The van der Waals surface area contributed by atoms with Gasteiger partial charge in [-0.2, -0.15) is 0 Å². The van der Waals surface area contributed by atoms with Gasteiger partial charge in [-0.05, 0) is 13.0 Å². The summed E-state index contributed by atoms with van der Waals surface area (Å²) in [7, 11) is 0. The Bertz CT molecular complexity index is 924. The maximum absolute atomic E-state index is 13.1. The zero-order valence-electron chi connectivity index (χ0n) is 14.7. The van der Waals surface area contributed by atoms with E-state index in [0.29, 0.717) is 35.9 Å². The van der Waals surface area contributed by atoms with Crippen molar-refractivity contribution in [3.05, 3.63) is 41.7 Å². The van der Waals surface area contributed by atoms with Crippen molar-refractivity contribution in [2.45, 2.75) is 25.3 Å². The van der Waals surface area contributed by atoms with Gasteiger partial charge in [-0.1, -0.05) is 23.4 Å². The molecule has 1 atom stereocenters. The SMILES string of the molecule is Cc1cc(NC(=O)CCN2C(=O)NC3(CCOc4ccccc43)C2=O)no1. The minimum Gasteiger partial charge on any atom is -0.493 e. The lowest BCUT2D eigenvalue weighted by molar-refractivity contribution is -0.132. The van der Waals surface area contributed by atoms with E-state index in [1.54, 1.807) is 31.2 Å². The molecule has 140 valence electrons. The minimum absolute atomic E-state index is 0.0297. The largest absolute Gasteiger partial charge is 0.493 e. The Hall–Kier alpha value is -3.36. The Labute approximate surface area is 154 Å². The van der Waals surface area contributed by atoms with Crippen LogP contribution in [0.2, 0.25) is 0 Å². The molecule has 1 spiro atoms. The van der Waals surface area contributed by atoms with E-state index in [0.717, 1.165) is 4.90 Å². The summed E-state index contributed by atoms with van der Waals surface area (Å²) in [6, 6.07) is 8.22. The van der Waals surface area contributed by atoms with Crippen molar-refractivity contribution in [2.75, 3.05) is 18.5 Å². The topological polar surface area (TPSA) is 114 Å². The van der Waals surface area contributed by atoms with Gasteiger partial charge in [0, 0.05) is 31.0 Å². The van der Waals surface area contributed by atoms with Crippen LogP contribution in [0.25, 0.3) is 0 Å². The lowest BCUT2D eigenvalue weighted by Gasteiger charge is -2.33. The van der Waals surface area contributed by atoms with Crippen LogP contribution in [-0.4, -0.2) is 41.1 Å². The van der Waals surface area contributed by atoms with E-state index in [4.69, 9.17) is 9.26 Å². The molecule has 4 rings (SSSR count). The summed E-state index contributed by atoms with van der Waals surface area (Å²) in [6.07, 6.45) is 0.300. The number of imide groups is 1. The molecule has 3 heterocycles. The highest BCUT2D eigenvalue weighted by Gasteiger charge is 2.54. The molecule has 4 amide bonds. The second-order valence-electron chi connectivity index (χ2n) is 6.51. The van der Waals surface area contributed by atoms with E-state index in [1.807, 2.05) is 6.07 Å². The fraction of sp³-hybridized carbons (Fsp3) is 0.333. The predicted molar refractivity (Wildman–Crippen MR) is 93.0 cm³/mol. The zero-order chi connectivity index (χ0) is 19.0. The van der Waals surface area contributed by atoms with Gasteiger partial charge in [0.2, 0.25) is 5.91 Å². The average molecular weight is 370 g/mol. The highest BCUT2D eigenvalue weighted by Crippen LogP contribution is 2.40. The van der Waals surface area contributed by atoms with E-state index in [-0.39, 0.29) is 24.8 Å². The van der Waals surface area contributed by atoms with Crippen LogP contribution in [0.5, 0.6) is 5.75 Å². The number of hydrogen-bond acceptors (Lipinski definition) is 6. The first-order valence-corrected chi connectivity index (χ1v) is 8.59. The first-order valence-electron chi connectivity index (χ1n) is 8.59. The van der Waals surface area contributed by atoms with Crippen molar-refractivity contribution in [1.82, 2.24) is 15.4 Å². The van der Waals surface area contributed by atoms with Crippen molar-refractivity contribution in [3.63, 3.8) is 0 Å². The second kappa shape index (κ2) is 6.42. The van der Waals surface area contributed by atoms with Gasteiger partial charge in [0.15, 0.2) is 11.4 Å². The Morgan fingerprint density at radius 2 is 2.19 bits per heavy atom. The molecule has 0 bridgehead atoms. The first-order chi connectivity index (χ1) is 13.0.